The first kappa shape index (κ1) is 16.0. The van der Waals surface area contributed by atoms with Gasteiger partial charge in [0.1, 0.15) is 5.75 Å². The van der Waals surface area contributed by atoms with Gasteiger partial charge in [0, 0.05) is 17.8 Å². The third-order valence-corrected chi connectivity index (χ3v) is 2.48. The average Bonchev–Trinajstić information content (AvgIpc) is 2.42. The van der Waals surface area contributed by atoms with Gasteiger partial charge in [-0.3, -0.25) is 15.6 Å². The number of nitrogens with one attached hydrogen (secondary N) is 4. The highest BCUT2D eigenvalue weighted by Gasteiger charge is 2.03. The van der Waals surface area contributed by atoms with Gasteiger partial charge in [0.25, 0.3) is 5.91 Å². The average molecular weight is 296 g/mol. The first-order valence-corrected chi connectivity index (χ1v) is 6.65. The number of thiocarbonyl (C=S) groups is 1. The van der Waals surface area contributed by atoms with Crippen LogP contribution >= 0.6 is 12.2 Å². The second kappa shape index (κ2) is 8.21. The molecule has 0 aromatic heterocycles. The molecule has 1 aromatic rings. The van der Waals surface area contributed by atoms with Crippen LogP contribution in [0.5, 0.6) is 5.75 Å². The summed E-state index contributed by atoms with van der Waals surface area (Å²) < 4.78 is 5.10. The van der Waals surface area contributed by atoms with Gasteiger partial charge in [-0.2, -0.15) is 0 Å². The van der Waals surface area contributed by atoms with Crippen LogP contribution in [0.2, 0.25) is 0 Å². The fraction of sp³-hybridized carbons (Fsp3) is 0.385. The molecule has 0 unspecified atom stereocenters. The van der Waals surface area contributed by atoms with Crippen molar-refractivity contribution in [2.24, 2.45) is 0 Å². The van der Waals surface area contributed by atoms with Gasteiger partial charge in [-0.15, -0.1) is 0 Å². The molecular formula is C13H20N4O2S. The molecule has 1 aromatic carbocycles. The summed E-state index contributed by atoms with van der Waals surface area (Å²) in [7, 11) is 1.60. The first-order chi connectivity index (χ1) is 9.51. The predicted molar refractivity (Wildman–Crippen MR) is 83.6 cm³/mol. The van der Waals surface area contributed by atoms with Crippen molar-refractivity contribution in [3.8, 4) is 5.75 Å². The molecule has 110 valence electrons. The van der Waals surface area contributed by atoms with E-state index in [0.29, 0.717) is 5.11 Å². The summed E-state index contributed by atoms with van der Waals surface area (Å²) in [6.07, 6.45) is 0. The van der Waals surface area contributed by atoms with E-state index >= 15 is 0 Å². The number of carbonyl (C=O) groups is 1. The predicted octanol–water partition coefficient (Wildman–Crippen LogP) is 1.01. The molecule has 0 saturated heterocycles. The summed E-state index contributed by atoms with van der Waals surface area (Å²) >= 11 is 4.99. The number of ether oxygens (including phenoxy) is 1. The van der Waals surface area contributed by atoms with Gasteiger partial charge in [0.2, 0.25) is 0 Å². The van der Waals surface area contributed by atoms with Crippen LogP contribution < -0.4 is 26.2 Å². The van der Waals surface area contributed by atoms with Gasteiger partial charge in [0.15, 0.2) is 5.11 Å². The van der Waals surface area contributed by atoms with Gasteiger partial charge in [-0.25, -0.2) is 0 Å². The normalized spacial score (nSPS) is 9.80. The monoisotopic (exact) mass is 296 g/mol. The molecule has 0 saturated carbocycles. The number of hydrazine groups is 1. The van der Waals surface area contributed by atoms with Crippen LogP contribution in [-0.2, 0) is 4.79 Å². The summed E-state index contributed by atoms with van der Waals surface area (Å²) in [5.41, 5.74) is 5.94. The van der Waals surface area contributed by atoms with Gasteiger partial charge < -0.3 is 15.4 Å². The molecule has 0 aliphatic heterocycles. The quantitative estimate of drug-likeness (QED) is 0.480. The summed E-state index contributed by atoms with van der Waals surface area (Å²) in [5.74, 6) is 0.511. The van der Waals surface area contributed by atoms with Crippen molar-refractivity contribution in [3.63, 3.8) is 0 Å². The van der Waals surface area contributed by atoms with Crippen molar-refractivity contribution in [1.29, 1.82) is 0 Å². The lowest BCUT2D eigenvalue weighted by Gasteiger charge is -2.14. The zero-order valence-electron chi connectivity index (χ0n) is 11.8. The van der Waals surface area contributed by atoms with Crippen molar-refractivity contribution in [2.45, 2.75) is 19.9 Å². The molecule has 4 N–H and O–H groups in total. The Labute approximate surface area is 124 Å². The minimum atomic E-state index is -0.222. The topological polar surface area (TPSA) is 74.4 Å². The maximum atomic E-state index is 11.6. The van der Waals surface area contributed by atoms with Crippen LogP contribution in [0.3, 0.4) is 0 Å². The Balaban J connectivity index is 2.30. The lowest BCUT2D eigenvalue weighted by molar-refractivity contribution is -0.119. The van der Waals surface area contributed by atoms with Crippen molar-refractivity contribution in [2.75, 3.05) is 19.0 Å². The number of hydrogen-bond acceptors (Lipinski definition) is 4. The van der Waals surface area contributed by atoms with E-state index in [1.165, 1.54) is 0 Å². The van der Waals surface area contributed by atoms with Crippen molar-refractivity contribution in [1.82, 2.24) is 16.2 Å². The lowest BCUT2D eigenvalue weighted by atomic mass is 10.3. The van der Waals surface area contributed by atoms with Crippen LogP contribution in [0.25, 0.3) is 0 Å². The second-order valence-electron chi connectivity index (χ2n) is 4.39. The summed E-state index contributed by atoms with van der Waals surface area (Å²) in [6, 6.07) is 7.56. The molecule has 0 bridgehead atoms. The molecule has 20 heavy (non-hydrogen) atoms. The number of hydrogen-bond donors (Lipinski definition) is 4. The van der Waals surface area contributed by atoms with Crippen LogP contribution in [0.4, 0.5) is 5.69 Å². The Morgan fingerprint density at radius 2 is 2.10 bits per heavy atom. The SMILES string of the molecule is COc1cccc(NCC(=O)NNC(=S)NC(C)C)c1. The highest BCUT2D eigenvalue weighted by Crippen LogP contribution is 2.16. The molecule has 1 rings (SSSR count). The largest absolute Gasteiger partial charge is 0.497 e. The van der Waals surface area contributed by atoms with E-state index < -0.39 is 0 Å². The molecule has 1 amide bonds. The molecule has 0 spiro atoms. The minimum absolute atomic E-state index is 0.129. The van der Waals surface area contributed by atoms with Gasteiger partial charge in [-0.1, -0.05) is 6.07 Å². The Bertz CT molecular complexity index is 465. The van der Waals surface area contributed by atoms with E-state index in [-0.39, 0.29) is 18.5 Å². The molecule has 0 fully saturated rings. The maximum absolute atomic E-state index is 11.6. The zero-order valence-corrected chi connectivity index (χ0v) is 12.6. The molecule has 0 atom stereocenters. The first-order valence-electron chi connectivity index (χ1n) is 6.24. The van der Waals surface area contributed by atoms with E-state index in [0.717, 1.165) is 11.4 Å². The third-order valence-electron chi connectivity index (χ3n) is 2.26. The molecule has 0 heterocycles. The van der Waals surface area contributed by atoms with E-state index in [1.807, 2.05) is 38.1 Å². The molecule has 7 heteroatoms. The molecular weight excluding hydrogens is 276 g/mol. The number of anilines is 1. The van der Waals surface area contributed by atoms with Gasteiger partial charge >= 0.3 is 0 Å². The fourth-order valence-electron chi connectivity index (χ4n) is 1.38. The molecule has 0 aliphatic carbocycles. The highest BCUT2D eigenvalue weighted by molar-refractivity contribution is 7.80. The number of rotatable bonds is 5. The summed E-state index contributed by atoms with van der Waals surface area (Å²) in [6.45, 7) is 4.05. The molecule has 0 radical (unpaired) electrons. The van der Waals surface area contributed by atoms with Gasteiger partial charge in [0.05, 0.1) is 13.7 Å². The fourth-order valence-corrected chi connectivity index (χ4v) is 1.67. The smallest absolute Gasteiger partial charge is 0.257 e. The van der Waals surface area contributed by atoms with E-state index in [4.69, 9.17) is 17.0 Å². The Morgan fingerprint density at radius 1 is 1.35 bits per heavy atom. The van der Waals surface area contributed by atoms with Crippen LogP contribution in [0.1, 0.15) is 13.8 Å². The standard InChI is InChI=1S/C13H20N4O2S/c1-9(2)15-13(20)17-16-12(18)8-14-10-5-4-6-11(7-10)19-3/h4-7,9,14H,8H2,1-3H3,(H,16,18)(H2,15,17,20). The van der Waals surface area contributed by atoms with Crippen molar-refractivity contribution < 1.29 is 9.53 Å². The lowest BCUT2D eigenvalue weighted by Crippen LogP contribution is -2.49. The van der Waals surface area contributed by atoms with Gasteiger partial charge in [-0.05, 0) is 38.2 Å². The van der Waals surface area contributed by atoms with Crippen LogP contribution in [0.15, 0.2) is 24.3 Å². The number of amides is 1. The highest BCUT2D eigenvalue weighted by atomic mass is 32.1. The maximum Gasteiger partial charge on any atom is 0.257 e. The van der Waals surface area contributed by atoms with Crippen LogP contribution in [0, 0.1) is 0 Å². The number of benzene rings is 1. The van der Waals surface area contributed by atoms with E-state index in [9.17, 15) is 4.79 Å². The molecule has 0 aliphatic rings. The Morgan fingerprint density at radius 3 is 2.75 bits per heavy atom. The Kier molecular flexibility index (Phi) is 6.58. The van der Waals surface area contributed by atoms with Crippen molar-refractivity contribution in [3.05, 3.63) is 24.3 Å². The van der Waals surface area contributed by atoms with E-state index in [1.54, 1.807) is 7.11 Å². The van der Waals surface area contributed by atoms with Crippen molar-refractivity contribution >= 4 is 28.9 Å². The van der Waals surface area contributed by atoms with E-state index in [2.05, 4.69) is 21.5 Å². The Hall–Kier alpha value is -2.02. The summed E-state index contributed by atoms with van der Waals surface area (Å²) in [5, 5.41) is 6.33. The number of carbonyl (C=O) groups excluding carboxylic acids is 1. The zero-order chi connectivity index (χ0) is 15.0. The number of methoxy groups -OCH3 is 1. The van der Waals surface area contributed by atoms with Crippen LogP contribution in [-0.4, -0.2) is 30.7 Å². The third kappa shape index (κ3) is 6.24. The molecule has 6 nitrogen and oxygen atoms in total. The second-order valence-corrected chi connectivity index (χ2v) is 4.80. The summed E-state index contributed by atoms with van der Waals surface area (Å²) in [4.78, 5) is 11.6. The minimum Gasteiger partial charge on any atom is -0.497 e.